The van der Waals surface area contributed by atoms with Crippen molar-refractivity contribution >= 4 is 6.29 Å². The van der Waals surface area contributed by atoms with E-state index < -0.39 is 0 Å². The standard InChI is InChI=1S/C12H12N2O2/c1-14-8-13-12(11(14)7-15)9-4-3-5-10(6-9)16-2/h3-8H,1-2H3. The van der Waals surface area contributed by atoms with Crippen LogP contribution in [0.25, 0.3) is 11.3 Å². The lowest BCUT2D eigenvalue weighted by atomic mass is 10.1. The number of aryl methyl sites for hydroxylation is 1. The Balaban J connectivity index is 2.53. The van der Waals surface area contributed by atoms with Gasteiger partial charge in [-0.3, -0.25) is 4.79 Å². The van der Waals surface area contributed by atoms with Gasteiger partial charge in [0.1, 0.15) is 11.4 Å². The number of carbonyl (C=O) groups is 1. The number of benzene rings is 1. The van der Waals surface area contributed by atoms with Crippen LogP contribution in [0.15, 0.2) is 30.6 Å². The molecule has 0 N–H and O–H groups in total. The Bertz CT molecular complexity index is 517. The summed E-state index contributed by atoms with van der Waals surface area (Å²) in [4.78, 5) is 15.2. The molecule has 82 valence electrons. The van der Waals surface area contributed by atoms with Gasteiger partial charge in [0.25, 0.3) is 0 Å². The highest BCUT2D eigenvalue weighted by molar-refractivity contribution is 5.84. The second-order valence-corrected chi connectivity index (χ2v) is 3.44. The average molecular weight is 216 g/mol. The van der Waals surface area contributed by atoms with Crippen LogP contribution in [-0.2, 0) is 7.05 Å². The Morgan fingerprint density at radius 1 is 1.44 bits per heavy atom. The van der Waals surface area contributed by atoms with E-state index in [1.54, 1.807) is 25.1 Å². The van der Waals surface area contributed by atoms with Crippen molar-refractivity contribution in [3.8, 4) is 17.0 Å². The summed E-state index contributed by atoms with van der Waals surface area (Å²) in [5, 5.41) is 0. The maximum Gasteiger partial charge on any atom is 0.168 e. The van der Waals surface area contributed by atoms with Gasteiger partial charge in [-0.05, 0) is 12.1 Å². The highest BCUT2D eigenvalue weighted by Crippen LogP contribution is 2.24. The zero-order chi connectivity index (χ0) is 11.5. The number of hydrogen-bond acceptors (Lipinski definition) is 3. The molecule has 0 bridgehead atoms. The molecule has 0 saturated heterocycles. The zero-order valence-corrected chi connectivity index (χ0v) is 9.18. The third-order valence-corrected chi connectivity index (χ3v) is 2.44. The summed E-state index contributed by atoms with van der Waals surface area (Å²) >= 11 is 0. The van der Waals surface area contributed by atoms with Crippen molar-refractivity contribution < 1.29 is 9.53 Å². The van der Waals surface area contributed by atoms with Crippen molar-refractivity contribution in [2.75, 3.05) is 7.11 Å². The summed E-state index contributed by atoms with van der Waals surface area (Å²) in [7, 11) is 3.40. The topological polar surface area (TPSA) is 44.1 Å². The molecule has 2 aromatic rings. The first kappa shape index (κ1) is 10.4. The fourth-order valence-electron chi connectivity index (χ4n) is 1.57. The molecular weight excluding hydrogens is 204 g/mol. The van der Waals surface area contributed by atoms with Crippen LogP contribution in [0.4, 0.5) is 0 Å². The molecule has 16 heavy (non-hydrogen) atoms. The number of aromatic nitrogens is 2. The number of methoxy groups -OCH3 is 1. The van der Waals surface area contributed by atoms with Crippen molar-refractivity contribution in [2.45, 2.75) is 0 Å². The fraction of sp³-hybridized carbons (Fsp3) is 0.167. The summed E-state index contributed by atoms with van der Waals surface area (Å²) in [6.07, 6.45) is 2.43. The molecule has 1 aromatic heterocycles. The van der Waals surface area contributed by atoms with E-state index in [9.17, 15) is 4.79 Å². The Kier molecular flexibility index (Phi) is 2.72. The predicted molar refractivity (Wildman–Crippen MR) is 60.6 cm³/mol. The number of rotatable bonds is 3. The summed E-state index contributed by atoms with van der Waals surface area (Å²) in [6.45, 7) is 0. The Morgan fingerprint density at radius 2 is 2.25 bits per heavy atom. The predicted octanol–water partition coefficient (Wildman–Crippen LogP) is 1.91. The molecule has 0 spiro atoms. The molecule has 1 aromatic carbocycles. The Morgan fingerprint density at radius 3 is 2.94 bits per heavy atom. The number of hydrogen-bond donors (Lipinski definition) is 0. The van der Waals surface area contributed by atoms with Gasteiger partial charge >= 0.3 is 0 Å². The Labute approximate surface area is 93.5 Å². The van der Waals surface area contributed by atoms with Gasteiger partial charge in [0, 0.05) is 12.6 Å². The van der Waals surface area contributed by atoms with E-state index in [-0.39, 0.29) is 0 Å². The first-order valence-electron chi connectivity index (χ1n) is 4.87. The van der Waals surface area contributed by atoms with Gasteiger partial charge in [-0.1, -0.05) is 12.1 Å². The molecule has 0 aliphatic carbocycles. The summed E-state index contributed by atoms with van der Waals surface area (Å²) < 4.78 is 6.83. The van der Waals surface area contributed by atoms with Gasteiger partial charge in [0.2, 0.25) is 0 Å². The van der Waals surface area contributed by atoms with Crippen LogP contribution in [0.1, 0.15) is 10.5 Å². The van der Waals surface area contributed by atoms with Crippen LogP contribution in [0.5, 0.6) is 5.75 Å². The number of nitrogens with zero attached hydrogens (tertiary/aromatic N) is 2. The molecule has 1 heterocycles. The van der Waals surface area contributed by atoms with E-state index in [2.05, 4.69) is 4.98 Å². The fourth-order valence-corrected chi connectivity index (χ4v) is 1.57. The molecule has 4 nitrogen and oxygen atoms in total. The van der Waals surface area contributed by atoms with Crippen LogP contribution >= 0.6 is 0 Å². The highest BCUT2D eigenvalue weighted by atomic mass is 16.5. The van der Waals surface area contributed by atoms with E-state index in [0.717, 1.165) is 17.6 Å². The average Bonchev–Trinajstić information content (AvgIpc) is 2.70. The van der Waals surface area contributed by atoms with E-state index in [0.29, 0.717) is 11.4 Å². The maximum atomic E-state index is 10.9. The molecule has 2 rings (SSSR count). The van der Waals surface area contributed by atoms with Crippen LogP contribution in [0.2, 0.25) is 0 Å². The molecule has 0 aliphatic heterocycles. The third kappa shape index (κ3) is 1.69. The van der Waals surface area contributed by atoms with Gasteiger partial charge in [-0.15, -0.1) is 0 Å². The van der Waals surface area contributed by atoms with Gasteiger partial charge in [-0.2, -0.15) is 0 Å². The lowest BCUT2D eigenvalue weighted by Gasteiger charge is -2.03. The molecule has 0 amide bonds. The molecular formula is C12H12N2O2. The van der Waals surface area contributed by atoms with Crippen molar-refractivity contribution in [2.24, 2.45) is 7.05 Å². The molecule has 0 saturated carbocycles. The first-order chi connectivity index (χ1) is 7.76. The largest absolute Gasteiger partial charge is 0.497 e. The van der Waals surface area contributed by atoms with Gasteiger partial charge in [-0.25, -0.2) is 4.98 Å². The number of aldehydes is 1. The van der Waals surface area contributed by atoms with Crippen molar-refractivity contribution in [3.05, 3.63) is 36.3 Å². The highest BCUT2D eigenvalue weighted by Gasteiger charge is 2.10. The second kappa shape index (κ2) is 4.18. The van der Waals surface area contributed by atoms with Crippen molar-refractivity contribution in [1.29, 1.82) is 0 Å². The van der Waals surface area contributed by atoms with Crippen LogP contribution in [0, 0.1) is 0 Å². The lowest BCUT2D eigenvalue weighted by molar-refractivity contribution is 0.111. The summed E-state index contributed by atoms with van der Waals surface area (Å²) in [5.41, 5.74) is 2.12. The molecule has 0 radical (unpaired) electrons. The molecule has 0 atom stereocenters. The van der Waals surface area contributed by atoms with Gasteiger partial charge < -0.3 is 9.30 Å². The maximum absolute atomic E-state index is 10.9. The molecule has 4 heteroatoms. The lowest BCUT2D eigenvalue weighted by Crippen LogP contribution is -1.94. The monoisotopic (exact) mass is 216 g/mol. The smallest absolute Gasteiger partial charge is 0.168 e. The van der Waals surface area contributed by atoms with E-state index in [1.165, 1.54) is 0 Å². The minimum atomic E-state index is 0.563. The van der Waals surface area contributed by atoms with Crippen LogP contribution in [-0.4, -0.2) is 22.9 Å². The zero-order valence-electron chi connectivity index (χ0n) is 9.18. The summed E-state index contributed by atoms with van der Waals surface area (Å²) in [5.74, 6) is 0.750. The number of imidazole rings is 1. The van der Waals surface area contributed by atoms with E-state index in [4.69, 9.17) is 4.74 Å². The van der Waals surface area contributed by atoms with Crippen LogP contribution < -0.4 is 4.74 Å². The number of ether oxygens (including phenoxy) is 1. The Hall–Kier alpha value is -2.10. The van der Waals surface area contributed by atoms with Crippen molar-refractivity contribution in [1.82, 2.24) is 9.55 Å². The number of carbonyl (C=O) groups excluding carboxylic acids is 1. The van der Waals surface area contributed by atoms with Crippen molar-refractivity contribution in [3.63, 3.8) is 0 Å². The van der Waals surface area contributed by atoms with Gasteiger partial charge in [0.15, 0.2) is 6.29 Å². The molecule has 0 fully saturated rings. The van der Waals surface area contributed by atoms with E-state index >= 15 is 0 Å². The quantitative estimate of drug-likeness (QED) is 0.736. The first-order valence-corrected chi connectivity index (χ1v) is 4.87. The minimum Gasteiger partial charge on any atom is -0.497 e. The summed E-state index contributed by atoms with van der Waals surface area (Å²) in [6, 6.07) is 7.48. The van der Waals surface area contributed by atoms with Crippen LogP contribution in [0.3, 0.4) is 0 Å². The van der Waals surface area contributed by atoms with E-state index in [1.807, 2.05) is 24.3 Å². The molecule has 0 aliphatic rings. The minimum absolute atomic E-state index is 0.563. The third-order valence-electron chi connectivity index (χ3n) is 2.44. The normalized spacial score (nSPS) is 10.1. The second-order valence-electron chi connectivity index (χ2n) is 3.44. The van der Waals surface area contributed by atoms with Gasteiger partial charge in [0.05, 0.1) is 19.1 Å². The molecule has 0 unspecified atom stereocenters. The SMILES string of the molecule is COc1cccc(-c2ncn(C)c2C=O)c1.